The number of benzene rings is 2. The maximum Gasteiger partial charge on any atom is 0.341 e. The van der Waals surface area contributed by atoms with E-state index in [4.69, 9.17) is 14.2 Å². The van der Waals surface area contributed by atoms with Crippen LogP contribution in [0.2, 0.25) is 0 Å². The summed E-state index contributed by atoms with van der Waals surface area (Å²) in [4.78, 5) is 17.6. The van der Waals surface area contributed by atoms with Crippen molar-refractivity contribution in [2.45, 2.75) is 51.6 Å². The maximum absolute atomic E-state index is 12.9. The number of para-hydroxylation sites is 1. The molecule has 2 aliphatic heterocycles. The summed E-state index contributed by atoms with van der Waals surface area (Å²) in [6, 6.07) is 15.3. The number of carbonyl (C=O) groups excluding carboxylic acids is 1. The van der Waals surface area contributed by atoms with E-state index >= 15 is 0 Å². The van der Waals surface area contributed by atoms with Gasteiger partial charge in [-0.2, -0.15) is 0 Å². The van der Waals surface area contributed by atoms with Gasteiger partial charge in [-0.15, -0.1) is 0 Å². The monoisotopic (exact) mass is 429 g/mol. The van der Waals surface area contributed by atoms with E-state index in [0.717, 1.165) is 35.3 Å². The van der Waals surface area contributed by atoms with Crippen LogP contribution >= 0.6 is 0 Å². The first-order valence-electron chi connectivity index (χ1n) is 11.5. The van der Waals surface area contributed by atoms with Gasteiger partial charge in [-0.05, 0) is 49.6 Å². The topological polar surface area (TPSA) is 57.7 Å². The van der Waals surface area contributed by atoms with E-state index in [1.54, 1.807) is 18.3 Å². The second-order valence-corrected chi connectivity index (χ2v) is 8.27. The summed E-state index contributed by atoms with van der Waals surface area (Å²) in [6.45, 7) is 4.76. The zero-order chi connectivity index (χ0) is 22.1. The molecule has 5 nitrogen and oxygen atoms in total. The van der Waals surface area contributed by atoms with Crippen LogP contribution < -0.4 is 9.47 Å². The van der Waals surface area contributed by atoms with E-state index < -0.39 is 5.60 Å². The molecule has 0 amide bonds. The van der Waals surface area contributed by atoms with Gasteiger partial charge >= 0.3 is 5.97 Å². The zero-order valence-corrected chi connectivity index (χ0v) is 18.5. The SMILES string of the molecule is CCCCCCc1cc2c(cc1OCC)Oc1ccccc1C21OC(=O)c2cccnc21. The second-order valence-electron chi connectivity index (χ2n) is 8.27. The Labute approximate surface area is 188 Å². The predicted molar refractivity (Wildman–Crippen MR) is 122 cm³/mol. The van der Waals surface area contributed by atoms with Crippen LogP contribution in [0.1, 0.15) is 72.3 Å². The fourth-order valence-electron chi connectivity index (χ4n) is 4.76. The Morgan fingerprint density at radius 3 is 2.69 bits per heavy atom. The lowest BCUT2D eigenvalue weighted by molar-refractivity contribution is 0.0215. The number of ether oxygens (including phenoxy) is 3. The van der Waals surface area contributed by atoms with E-state index in [0.29, 0.717) is 29.4 Å². The Kier molecular flexibility index (Phi) is 5.33. The van der Waals surface area contributed by atoms with Crippen LogP contribution in [-0.2, 0) is 16.8 Å². The highest BCUT2D eigenvalue weighted by atomic mass is 16.6. The van der Waals surface area contributed by atoms with E-state index in [-0.39, 0.29) is 5.97 Å². The van der Waals surface area contributed by atoms with Crippen LogP contribution in [-0.4, -0.2) is 17.6 Å². The van der Waals surface area contributed by atoms with E-state index in [9.17, 15) is 4.79 Å². The van der Waals surface area contributed by atoms with E-state index in [1.165, 1.54) is 19.3 Å². The summed E-state index contributed by atoms with van der Waals surface area (Å²) in [7, 11) is 0. The number of fused-ring (bicyclic) bond motifs is 6. The molecule has 0 saturated carbocycles. The van der Waals surface area contributed by atoms with Crippen molar-refractivity contribution < 1.29 is 19.0 Å². The third-order valence-electron chi connectivity index (χ3n) is 6.23. The maximum atomic E-state index is 12.9. The molecule has 0 saturated heterocycles. The number of rotatable bonds is 7. The van der Waals surface area contributed by atoms with Gasteiger partial charge in [0.25, 0.3) is 0 Å². The molecule has 0 radical (unpaired) electrons. The normalized spacial score (nSPS) is 17.9. The van der Waals surface area contributed by atoms with Crippen LogP contribution in [0.3, 0.4) is 0 Å². The molecule has 2 aliphatic rings. The quantitative estimate of drug-likeness (QED) is 0.332. The lowest BCUT2D eigenvalue weighted by atomic mass is 9.79. The molecule has 164 valence electrons. The zero-order valence-electron chi connectivity index (χ0n) is 18.5. The third kappa shape index (κ3) is 3.15. The highest BCUT2D eigenvalue weighted by Gasteiger charge is 2.55. The van der Waals surface area contributed by atoms with Crippen molar-refractivity contribution >= 4 is 5.97 Å². The van der Waals surface area contributed by atoms with Crippen molar-refractivity contribution in [1.82, 2.24) is 4.98 Å². The molecular formula is C27H27NO4. The van der Waals surface area contributed by atoms with Crippen LogP contribution in [0.25, 0.3) is 0 Å². The Hall–Kier alpha value is -3.34. The fraction of sp³-hybridized carbons (Fsp3) is 0.333. The van der Waals surface area contributed by atoms with Gasteiger partial charge in [0, 0.05) is 23.4 Å². The van der Waals surface area contributed by atoms with Gasteiger partial charge in [0.15, 0.2) is 0 Å². The number of hydrogen-bond acceptors (Lipinski definition) is 5. The highest BCUT2D eigenvalue weighted by Crippen LogP contribution is 2.56. The molecule has 1 spiro atoms. The first kappa shape index (κ1) is 20.6. The summed E-state index contributed by atoms with van der Waals surface area (Å²) < 4.78 is 18.5. The predicted octanol–water partition coefficient (Wildman–Crippen LogP) is 6.17. The summed E-state index contributed by atoms with van der Waals surface area (Å²) in [6.07, 6.45) is 7.25. The minimum absolute atomic E-state index is 0.367. The Bertz CT molecular complexity index is 1170. The minimum Gasteiger partial charge on any atom is -0.493 e. The van der Waals surface area contributed by atoms with E-state index in [1.807, 2.05) is 37.3 Å². The van der Waals surface area contributed by atoms with Gasteiger partial charge < -0.3 is 14.2 Å². The molecule has 0 bridgehead atoms. The molecule has 2 aromatic carbocycles. The second kappa shape index (κ2) is 8.30. The van der Waals surface area contributed by atoms with Gasteiger partial charge in [-0.3, -0.25) is 4.98 Å². The number of aromatic nitrogens is 1. The lowest BCUT2D eigenvalue weighted by Gasteiger charge is -2.36. The Morgan fingerprint density at radius 1 is 0.969 bits per heavy atom. The summed E-state index contributed by atoms with van der Waals surface area (Å²) in [5, 5.41) is 0. The van der Waals surface area contributed by atoms with Gasteiger partial charge in [0.05, 0.1) is 12.2 Å². The number of carbonyl (C=O) groups is 1. The van der Waals surface area contributed by atoms with E-state index in [2.05, 4.69) is 18.0 Å². The average molecular weight is 430 g/mol. The summed E-state index contributed by atoms with van der Waals surface area (Å²) >= 11 is 0. The number of nitrogens with zero attached hydrogens (tertiary/aromatic N) is 1. The van der Waals surface area contributed by atoms with Crippen molar-refractivity contribution in [2.24, 2.45) is 0 Å². The Balaban J connectivity index is 1.71. The van der Waals surface area contributed by atoms with Crippen LogP contribution in [0.4, 0.5) is 0 Å². The molecule has 0 aliphatic carbocycles. The smallest absolute Gasteiger partial charge is 0.341 e. The van der Waals surface area contributed by atoms with Gasteiger partial charge in [-0.1, -0.05) is 44.4 Å². The molecule has 1 aromatic heterocycles. The minimum atomic E-state index is -1.12. The molecule has 1 unspecified atom stereocenters. The standard InChI is InChI=1S/C27H27NO4/c1-3-5-6-7-11-18-16-21-24(17-23(18)30-4-2)31-22-14-9-8-13-20(22)27(21)25-19(26(29)32-27)12-10-15-28-25/h8-10,12-17H,3-7,11H2,1-2H3. The summed E-state index contributed by atoms with van der Waals surface area (Å²) in [5.41, 5.74) is 2.68. The van der Waals surface area contributed by atoms with Crippen LogP contribution in [0.5, 0.6) is 17.2 Å². The summed E-state index contributed by atoms with van der Waals surface area (Å²) in [5.74, 6) is 1.75. The van der Waals surface area contributed by atoms with Crippen molar-refractivity contribution in [3.05, 3.63) is 82.7 Å². The lowest BCUT2D eigenvalue weighted by Crippen LogP contribution is -2.34. The van der Waals surface area contributed by atoms with Gasteiger partial charge in [0.1, 0.15) is 22.9 Å². The number of esters is 1. The van der Waals surface area contributed by atoms with Crippen LogP contribution in [0.15, 0.2) is 54.7 Å². The van der Waals surface area contributed by atoms with Gasteiger partial charge in [0.2, 0.25) is 5.60 Å². The Morgan fingerprint density at radius 2 is 1.84 bits per heavy atom. The van der Waals surface area contributed by atoms with Crippen molar-refractivity contribution in [3.8, 4) is 17.2 Å². The molecule has 3 aromatic rings. The number of aryl methyl sites for hydroxylation is 1. The largest absolute Gasteiger partial charge is 0.493 e. The average Bonchev–Trinajstić information content (AvgIpc) is 3.11. The van der Waals surface area contributed by atoms with Crippen molar-refractivity contribution in [1.29, 1.82) is 0 Å². The molecule has 5 heteroatoms. The molecule has 3 heterocycles. The molecular weight excluding hydrogens is 402 g/mol. The highest BCUT2D eigenvalue weighted by molar-refractivity contribution is 5.96. The fourth-order valence-corrected chi connectivity index (χ4v) is 4.76. The first-order chi connectivity index (χ1) is 15.7. The molecule has 0 fully saturated rings. The molecule has 0 N–H and O–H groups in total. The molecule has 5 rings (SSSR count). The molecule has 32 heavy (non-hydrogen) atoms. The van der Waals surface area contributed by atoms with Crippen LogP contribution in [0, 0.1) is 0 Å². The number of hydrogen-bond donors (Lipinski definition) is 0. The van der Waals surface area contributed by atoms with Crippen molar-refractivity contribution in [3.63, 3.8) is 0 Å². The third-order valence-corrected chi connectivity index (χ3v) is 6.23. The van der Waals surface area contributed by atoms with Crippen molar-refractivity contribution in [2.75, 3.05) is 6.61 Å². The molecule has 1 atom stereocenters. The number of unbranched alkanes of at least 4 members (excludes halogenated alkanes) is 3. The first-order valence-corrected chi connectivity index (χ1v) is 11.5. The van der Waals surface area contributed by atoms with Gasteiger partial charge in [-0.25, -0.2) is 4.79 Å². The number of pyridine rings is 1.